The van der Waals surface area contributed by atoms with E-state index in [0.29, 0.717) is 16.2 Å². The first-order chi connectivity index (χ1) is 8.72. The summed E-state index contributed by atoms with van der Waals surface area (Å²) in [5.41, 5.74) is 1.90. The van der Waals surface area contributed by atoms with Crippen molar-refractivity contribution in [1.82, 2.24) is 0 Å². The number of benzene rings is 2. The summed E-state index contributed by atoms with van der Waals surface area (Å²) >= 11 is 6.23. The Labute approximate surface area is 110 Å². The molecule has 2 rings (SSSR count). The largest absolute Gasteiger partial charge is 0.508 e. The van der Waals surface area contributed by atoms with E-state index in [9.17, 15) is 9.90 Å². The first-order valence-corrected chi connectivity index (χ1v) is 5.80. The lowest BCUT2D eigenvalue weighted by Crippen LogP contribution is -1.89. The Balaban J connectivity index is 2.50. The normalized spacial score (nSPS) is 11.8. The summed E-state index contributed by atoms with van der Waals surface area (Å²) < 4.78 is 0. The average molecular weight is 259 g/mol. The van der Waals surface area contributed by atoms with Crippen LogP contribution in [-0.2, 0) is 4.79 Å². The molecule has 0 amide bonds. The topological polar surface area (TPSA) is 37.3 Å². The molecular weight excluding hydrogens is 248 g/mol. The van der Waals surface area contributed by atoms with Crippen LogP contribution >= 0.6 is 11.6 Å². The van der Waals surface area contributed by atoms with E-state index < -0.39 is 0 Å². The molecule has 3 heteroatoms. The molecule has 0 saturated heterocycles. The molecule has 0 aliphatic rings. The third kappa shape index (κ3) is 2.60. The number of aromatic hydroxyl groups is 1. The molecule has 0 aromatic heterocycles. The van der Waals surface area contributed by atoms with Crippen molar-refractivity contribution in [3.63, 3.8) is 0 Å². The predicted molar refractivity (Wildman–Crippen MR) is 73.3 cm³/mol. The molecule has 1 N–H and O–H groups in total. The Kier molecular flexibility index (Phi) is 3.80. The van der Waals surface area contributed by atoms with E-state index in [1.54, 1.807) is 12.1 Å². The number of rotatable bonds is 3. The summed E-state index contributed by atoms with van der Waals surface area (Å²) in [5, 5.41) is 9.59. The highest BCUT2D eigenvalue weighted by molar-refractivity contribution is 6.55. The zero-order chi connectivity index (χ0) is 13.0. The van der Waals surface area contributed by atoms with E-state index in [-0.39, 0.29) is 5.75 Å². The van der Waals surface area contributed by atoms with Gasteiger partial charge in [0.05, 0.1) is 5.03 Å². The van der Waals surface area contributed by atoms with Gasteiger partial charge in [0.25, 0.3) is 0 Å². The summed E-state index contributed by atoms with van der Waals surface area (Å²) in [7, 11) is 0. The Morgan fingerprint density at radius 3 is 2.11 bits per heavy atom. The van der Waals surface area contributed by atoms with Crippen LogP contribution in [0.4, 0.5) is 0 Å². The molecule has 2 aromatic carbocycles. The van der Waals surface area contributed by atoms with Crippen LogP contribution in [0.15, 0.2) is 54.6 Å². The third-order valence-corrected chi connectivity index (χ3v) is 2.98. The van der Waals surface area contributed by atoms with Gasteiger partial charge in [-0.25, -0.2) is 0 Å². The molecule has 0 saturated carbocycles. The molecular formula is C15H11ClO2. The third-order valence-electron chi connectivity index (χ3n) is 2.56. The summed E-state index contributed by atoms with van der Waals surface area (Å²) in [6, 6.07) is 15.6. The van der Waals surface area contributed by atoms with Gasteiger partial charge in [-0.15, -0.1) is 0 Å². The highest BCUT2D eigenvalue weighted by atomic mass is 35.5. The van der Waals surface area contributed by atoms with E-state index in [2.05, 4.69) is 0 Å². The van der Waals surface area contributed by atoms with Crippen molar-refractivity contribution < 1.29 is 9.90 Å². The van der Waals surface area contributed by atoms with Crippen LogP contribution in [0.5, 0.6) is 5.75 Å². The van der Waals surface area contributed by atoms with Crippen LogP contribution < -0.4 is 0 Å². The summed E-state index contributed by atoms with van der Waals surface area (Å²) in [5.74, 6) is 0.163. The number of carbonyl (C=O) groups excluding carboxylic acids is 1. The number of phenolic OH excluding ortho intramolecular Hbond substituents is 1. The van der Waals surface area contributed by atoms with Crippen LogP contribution in [0, 0.1) is 0 Å². The molecule has 0 heterocycles. The Morgan fingerprint density at radius 2 is 1.56 bits per heavy atom. The predicted octanol–water partition coefficient (Wildman–Crippen LogP) is 3.70. The number of phenols is 1. The molecule has 0 spiro atoms. The van der Waals surface area contributed by atoms with Crippen molar-refractivity contribution in [2.75, 3.05) is 0 Å². The Hall–Kier alpha value is -2.06. The number of hydrogen-bond donors (Lipinski definition) is 1. The highest BCUT2D eigenvalue weighted by Gasteiger charge is 2.08. The van der Waals surface area contributed by atoms with Crippen molar-refractivity contribution in [2.45, 2.75) is 0 Å². The molecule has 0 unspecified atom stereocenters. The van der Waals surface area contributed by atoms with Crippen LogP contribution in [-0.4, -0.2) is 11.4 Å². The fourth-order valence-electron chi connectivity index (χ4n) is 1.63. The van der Waals surface area contributed by atoms with Crippen molar-refractivity contribution in [2.24, 2.45) is 0 Å². The van der Waals surface area contributed by atoms with Gasteiger partial charge in [0.15, 0.2) is 6.29 Å². The molecule has 0 aliphatic heterocycles. The number of hydrogen-bond acceptors (Lipinski definition) is 2. The maximum absolute atomic E-state index is 11.2. The van der Waals surface area contributed by atoms with Crippen molar-refractivity contribution in [1.29, 1.82) is 0 Å². The molecule has 0 atom stereocenters. The minimum atomic E-state index is 0.163. The van der Waals surface area contributed by atoms with Gasteiger partial charge in [0.2, 0.25) is 0 Å². The van der Waals surface area contributed by atoms with Crippen LogP contribution in [0.3, 0.4) is 0 Å². The van der Waals surface area contributed by atoms with E-state index in [1.807, 2.05) is 30.3 Å². The van der Waals surface area contributed by atoms with Crippen LogP contribution in [0.25, 0.3) is 10.6 Å². The second-order valence-corrected chi connectivity index (χ2v) is 4.14. The second-order valence-electron chi connectivity index (χ2n) is 3.76. The van der Waals surface area contributed by atoms with Gasteiger partial charge in [-0.3, -0.25) is 4.79 Å². The van der Waals surface area contributed by atoms with Gasteiger partial charge >= 0.3 is 0 Å². The van der Waals surface area contributed by atoms with E-state index in [0.717, 1.165) is 11.8 Å². The van der Waals surface area contributed by atoms with Gasteiger partial charge in [-0.2, -0.15) is 0 Å². The van der Waals surface area contributed by atoms with Gasteiger partial charge in [-0.1, -0.05) is 41.9 Å². The lowest BCUT2D eigenvalue weighted by molar-refractivity contribution is -0.103. The zero-order valence-corrected chi connectivity index (χ0v) is 10.3. The SMILES string of the molecule is O=C/C(=C(/Cl)c1ccc(O)cc1)c1ccccc1. The van der Waals surface area contributed by atoms with Crippen molar-refractivity contribution in [3.8, 4) is 5.75 Å². The molecule has 90 valence electrons. The van der Waals surface area contributed by atoms with Crippen molar-refractivity contribution in [3.05, 3.63) is 65.7 Å². The number of allylic oxidation sites excluding steroid dienone is 1. The number of aldehydes is 1. The Bertz CT molecular complexity index is 571. The summed E-state index contributed by atoms with van der Waals surface area (Å²) in [6.07, 6.45) is 0.741. The minimum Gasteiger partial charge on any atom is -0.508 e. The second kappa shape index (κ2) is 5.52. The number of carbonyl (C=O) groups is 1. The standard InChI is InChI=1S/C15H11ClO2/c16-15(12-6-8-13(18)9-7-12)14(10-17)11-4-2-1-3-5-11/h1-10,18H/b15-14-. The fourth-order valence-corrected chi connectivity index (χ4v) is 1.91. The van der Waals surface area contributed by atoms with E-state index in [4.69, 9.17) is 11.6 Å². The van der Waals surface area contributed by atoms with E-state index >= 15 is 0 Å². The summed E-state index contributed by atoms with van der Waals surface area (Å²) in [6.45, 7) is 0. The average Bonchev–Trinajstić information content (AvgIpc) is 2.41. The fraction of sp³-hybridized carbons (Fsp3) is 0. The molecule has 0 aliphatic carbocycles. The first-order valence-electron chi connectivity index (χ1n) is 5.42. The summed E-state index contributed by atoms with van der Waals surface area (Å²) in [4.78, 5) is 11.2. The van der Waals surface area contributed by atoms with Gasteiger partial charge in [0.1, 0.15) is 5.75 Å². The molecule has 0 radical (unpaired) electrons. The smallest absolute Gasteiger partial charge is 0.152 e. The zero-order valence-electron chi connectivity index (χ0n) is 9.51. The molecule has 18 heavy (non-hydrogen) atoms. The van der Waals surface area contributed by atoms with Gasteiger partial charge in [0, 0.05) is 5.57 Å². The highest BCUT2D eigenvalue weighted by Crippen LogP contribution is 2.29. The quantitative estimate of drug-likeness (QED) is 0.518. The first kappa shape index (κ1) is 12.4. The molecule has 2 aromatic rings. The monoisotopic (exact) mass is 258 g/mol. The molecule has 2 nitrogen and oxygen atoms in total. The Morgan fingerprint density at radius 1 is 0.944 bits per heavy atom. The van der Waals surface area contributed by atoms with Gasteiger partial charge in [-0.05, 0) is 35.4 Å². The maximum Gasteiger partial charge on any atom is 0.152 e. The lowest BCUT2D eigenvalue weighted by atomic mass is 10.0. The van der Waals surface area contributed by atoms with Crippen LogP contribution in [0.1, 0.15) is 11.1 Å². The number of halogens is 1. The lowest BCUT2D eigenvalue weighted by Gasteiger charge is -2.05. The maximum atomic E-state index is 11.2. The van der Waals surface area contributed by atoms with Crippen molar-refractivity contribution >= 4 is 28.5 Å². The minimum absolute atomic E-state index is 0.163. The molecule has 0 bridgehead atoms. The van der Waals surface area contributed by atoms with E-state index in [1.165, 1.54) is 12.1 Å². The molecule has 0 fully saturated rings. The van der Waals surface area contributed by atoms with Crippen LogP contribution in [0.2, 0.25) is 0 Å². The van der Waals surface area contributed by atoms with Gasteiger partial charge < -0.3 is 5.11 Å².